The zero-order valence-electron chi connectivity index (χ0n) is 8.07. The van der Waals surface area contributed by atoms with Gasteiger partial charge in [0.25, 0.3) is 0 Å². The van der Waals surface area contributed by atoms with Crippen molar-refractivity contribution in [1.29, 1.82) is 0 Å². The van der Waals surface area contributed by atoms with Crippen LogP contribution in [0.5, 0.6) is 0 Å². The van der Waals surface area contributed by atoms with Gasteiger partial charge in [0.2, 0.25) is 0 Å². The van der Waals surface area contributed by atoms with Crippen LogP contribution in [-0.4, -0.2) is 22.3 Å². The summed E-state index contributed by atoms with van der Waals surface area (Å²) in [4.78, 5) is 24.4. The van der Waals surface area contributed by atoms with Crippen LogP contribution in [0.1, 0.15) is 26.4 Å². The molecule has 1 aromatic carbocycles. The molecule has 76 valence electrons. The summed E-state index contributed by atoms with van der Waals surface area (Å²) < 4.78 is 0. The maximum Gasteiger partial charge on any atom is 0.338 e. The van der Waals surface area contributed by atoms with Crippen molar-refractivity contribution in [3.63, 3.8) is 0 Å². The maximum atomic E-state index is 11.0. The first-order chi connectivity index (χ1) is 7.13. The Morgan fingerprint density at radius 1 is 1.47 bits per heavy atom. The molecule has 0 bridgehead atoms. The Labute approximate surface area is 85.5 Å². The van der Waals surface area contributed by atoms with Crippen molar-refractivity contribution >= 4 is 23.2 Å². The molecule has 0 aliphatic heterocycles. The van der Waals surface area contributed by atoms with Gasteiger partial charge < -0.3 is 10.1 Å². The van der Waals surface area contributed by atoms with Crippen LogP contribution in [0, 0.1) is 6.92 Å². The van der Waals surface area contributed by atoms with E-state index in [0.29, 0.717) is 17.2 Å². The van der Waals surface area contributed by atoms with Gasteiger partial charge in [0, 0.05) is 10.9 Å². The first-order valence-corrected chi connectivity index (χ1v) is 4.44. The fraction of sp³-hybridized carbons (Fsp3) is 0.0909. The summed E-state index contributed by atoms with van der Waals surface area (Å²) in [5.74, 6) is -1.09. The molecule has 4 nitrogen and oxygen atoms in total. The van der Waals surface area contributed by atoms with Crippen molar-refractivity contribution in [1.82, 2.24) is 4.98 Å². The number of rotatable bonds is 2. The van der Waals surface area contributed by atoms with Gasteiger partial charge in [-0.3, -0.25) is 4.79 Å². The van der Waals surface area contributed by atoms with Crippen molar-refractivity contribution in [2.45, 2.75) is 6.92 Å². The normalized spacial score (nSPS) is 10.5. The molecule has 1 heterocycles. The predicted molar refractivity (Wildman–Crippen MR) is 55.4 cm³/mol. The first-order valence-electron chi connectivity index (χ1n) is 4.44. The van der Waals surface area contributed by atoms with Gasteiger partial charge in [-0.2, -0.15) is 0 Å². The van der Waals surface area contributed by atoms with Crippen LogP contribution in [0.2, 0.25) is 0 Å². The SMILES string of the molecule is Cc1ccc2c(C(=O)O)c(C=O)[nH]c2c1. The highest BCUT2D eigenvalue weighted by Crippen LogP contribution is 2.22. The minimum Gasteiger partial charge on any atom is -0.478 e. The Bertz CT molecular complexity index is 554. The number of carbonyl (C=O) groups excluding carboxylic acids is 1. The molecule has 0 amide bonds. The number of aromatic nitrogens is 1. The van der Waals surface area contributed by atoms with Crippen LogP contribution in [0.25, 0.3) is 10.9 Å². The van der Waals surface area contributed by atoms with Crippen molar-refractivity contribution in [2.24, 2.45) is 0 Å². The molecule has 2 aromatic rings. The quantitative estimate of drug-likeness (QED) is 0.733. The summed E-state index contributed by atoms with van der Waals surface area (Å²) in [6, 6.07) is 5.34. The number of H-pyrrole nitrogens is 1. The Balaban J connectivity index is 2.86. The van der Waals surface area contributed by atoms with Gasteiger partial charge in [-0.1, -0.05) is 12.1 Å². The summed E-state index contributed by atoms with van der Waals surface area (Å²) >= 11 is 0. The zero-order chi connectivity index (χ0) is 11.0. The lowest BCUT2D eigenvalue weighted by Crippen LogP contribution is -1.99. The molecule has 0 unspecified atom stereocenters. The molecular formula is C11H9NO3. The van der Waals surface area contributed by atoms with E-state index in [4.69, 9.17) is 5.11 Å². The molecule has 0 saturated heterocycles. The Morgan fingerprint density at radius 2 is 2.20 bits per heavy atom. The third kappa shape index (κ3) is 1.40. The molecule has 2 rings (SSSR count). The number of hydrogen-bond acceptors (Lipinski definition) is 2. The van der Waals surface area contributed by atoms with Crippen LogP contribution in [-0.2, 0) is 0 Å². The van der Waals surface area contributed by atoms with E-state index >= 15 is 0 Å². The highest BCUT2D eigenvalue weighted by atomic mass is 16.4. The Hall–Kier alpha value is -2.10. The van der Waals surface area contributed by atoms with Gasteiger partial charge in [0.05, 0.1) is 11.3 Å². The lowest BCUT2D eigenvalue weighted by molar-refractivity contribution is 0.0696. The predicted octanol–water partition coefficient (Wildman–Crippen LogP) is 1.99. The van der Waals surface area contributed by atoms with E-state index in [2.05, 4.69) is 4.98 Å². The third-order valence-electron chi connectivity index (χ3n) is 2.31. The first kappa shape index (κ1) is 9.45. The smallest absolute Gasteiger partial charge is 0.338 e. The minimum atomic E-state index is -1.09. The fourth-order valence-corrected chi connectivity index (χ4v) is 1.65. The lowest BCUT2D eigenvalue weighted by Gasteiger charge is -1.94. The number of fused-ring (bicyclic) bond motifs is 1. The van der Waals surface area contributed by atoms with Gasteiger partial charge in [0.15, 0.2) is 6.29 Å². The number of nitrogens with one attached hydrogen (secondary N) is 1. The largest absolute Gasteiger partial charge is 0.478 e. The van der Waals surface area contributed by atoms with Crippen LogP contribution in [0.3, 0.4) is 0 Å². The molecular weight excluding hydrogens is 194 g/mol. The Morgan fingerprint density at radius 3 is 2.80 bits per heavy atom. The number of carboxylic acids is 1. The number of hydrogen-bond donors (Lipinski definition) is 2. The summed E-state index contributed by atoms with van der Waals surface area (Å²) in [5.41, 5.74) is 1.84. The van der Waals surface area contributed by atoms with E-state index in [0.717, 1.165) is 5.56 Å². The molecule has 0 radical (unpaired) electrons. The van der Waals surface area contributed by atoms with Crippen LogP contribution >= 0.6 is 0 Å². The summed E-state index contributed by atoms with van der Waals surface area (Å²) in [6.45, 7) is 1.90. The van der Waals surface area contributed by atoms with Crippen LogP contribution in [0.4, 0.5) is 0 Å². The number of aromatic carboxylic acids is 1. The van der Waals surface area contributed by atoms with Gasteiger partial charge in [0.1, 0.15) is 0 Å². The third-order valence-corrected chi connectivity index (χ3v) is 2.31. The lowest BCUT2D eigenvalue weighted by atomic mass is 10.1. The number of benzene rings is 1. The maximum absolute atomic E-state index is 11.0. The van der Waals surface area contributed by atoms with E-state index in [1.54, 1.807) is 6.07 Å². The van der Waals surface area contributed by atoms with Gasteiger partial charge >= 0.3 is 5.97 Å². The topological polar surface area (TPSA) is 70.2 Å². The van der Waals surface area contributed by atoms with E-state index in [9.17, 15) is 9.59 Å². The van der Waals surface area contributed by atoms with Crippen molar-refractivity contribution in [2.75, 3.05) is 0 Å². The van der Waals surface area contributed by atoms with Crippen molar-refractivity contribution in [3.05, 3.63) is 35.0 Å². The number of carboxylic acid groups (broad SMARTS) is 1. The molecule has 0 fully saturated rings. The standard InChI is InChI=1S/C11H9NO3/c1-6-2-3-7-8(4-6)12-9(5-13)10(7)11(14)15/h2-5,12H,1H3,(H,14,15). The second kappa shape index (κ2) is 3.24. The van der Waals surface area contributed by atoms with Gasteiger partial charge in [-0.15, -0.1) is 0 Å². The average molecular weight is 203 g/mol. The second-order valence-corrected chi connectivity index (χ2v) is 3.39. The molecule has 1 aromatic heterocycles. The van der Waals surface area contributed by atoms with E-state index in [-0.39, 0.29) is 11.3 Å². The summed E-state index contributed by atoms with van der Waals surface area (Å²) in [7, 11) is 0. The average Bonchev–Trinajstić information content (AvgIpc) is 2.54. The van der Waals surface area contributed by atoms with E-state index in [1.165, 1.54) is 0 Å². The minimum absolute atomic E-state index is 0.0417. The molecule has 0 aliphatic rings. The van der Waals surface area contributed by atoms with Crippen molar-refractivity contribution in [3.8, 4) is 0 Å². The van der Waals surface area contributed by atoms with Crippen LogP contribution < -0.4 is 0 Å². The number of aldehydes is 1. The molecule has 0 saturated carbocycles. The number of aryl methyl sites for hydroxylation is 1. The molecule has 4 heteroatoms. The van der Waals surface area contributed by atoms with Crippen molar-refractivity contribution < 1.29 is 14.7 Å². The fourth-order valence-electron chi connectivity index (χ4n) is 1.65. The summed E-state index contributed by atoms with van der Waals surface area (Å²) in [5, 5.41) is 9.54. The zero-order valence-corrected chi connectivity index (χ0v) is 8.07. The molecule has 0 atom stereocenters. The number of carbonyl (C=O) groups is 2. The molecule has 0 spiro atoms. The highest BCUT2D eigenvalue weighted by Gasteiger charge is 2.16. The molecule has 15 heavy (non-hydrogen) atoms. The van der Waals surface area contributed by atoms with Crippen LogP contribution in [0.15, 0.2) is 18.2 Å². The molecule has 2 N–H and O–H groups in total. The second-order valence-electron chi connectivity index (χ2n) is 3.39. The van der Waals surface area contributed by atoms with Gasteiger partial charge in [-0.25, -0.2) is 4.79 Å². The highest BCUT2D eigenvalue weighted by molar-refractivity contribution is 6.09. The van der Waals surface area contributed by atoms with E-state index in [1.807, 2.05) is 19.1 Å². The monoisotopic (exact) mass is 203 g/mol. The molecule has 0 aliphatic carbocycles. The number of aromatic amines is 1. The summed E-state index contributed by atoms with van der Waals surface area (Å²) in [6.07, 6.45) is 0.527. The van der Waals surface area contributed by atoms with E-state index < -0.39 is 5.97 Å². The van der Waals surface area contributed by atoms with Gasteiger partial charge in [-0.05, 0) is 18.6 Å². The Kier molecular flexibility index (Phi) is 2.04.